The van der Waals surface area contributed by atoms with E-state index in [1.165, 1.54) is 5.56 Å². The van der Waals surface area contributed by atoms with Gasteiger partial charge in [-0.05, 0) is 42.1 Å². The first-order chi connectivity index (χ1) is 17.5. The van der Waals surface area contributed by atoms with Crippen molar-refractivity contribution in [2.24, 2.45) is 16.6 Å². The van der Waals surface area contributed by atoms with Gasteiger partial charge in [-0.3, -0.25) is 4.99 Å². The van der Waals surface area contributed by atoms with Crippen LogP contribution >= 0.6 is 11.6 Å². The van der Waals surface area contributed by atoms with Gasteiger partial charge in [0.05, 0.1) is 25.3 Å². The number of urea groups is 1. The minimum atomic E-state index is -0.167. The van der Waals surface area contributed by atoms with E-state index in [1.54, 1.807) is 0 Å². The first kappa shape index (κ1) is 26.5. The number of hydrogen-bond donors (Lipinski definition) is 1. The van der Waals surface area contributed by atoms with Crippen LogP contribution in [0.2, 0.25) is 5.02 Å². The van der Waals surface area contributed by atoms with E-state index in [2.05, 4.69) is 49.1 Å². The molecule has 2 atom stereocenters. The van der Waals surface area contributed by atoms with Gasteiger partial charge in [-0.2, -0.15) is 0 Å². The van der Waals surface area contributed by atoms with E-state index in [1.807, 2.05) is 34.1 Å². The van der Waals surface area contributed by atoms with Gasteiger partial charge in [-0.1, -0.05) is 67.9 Å². The summed E-state index contributed by atoms with van der Waals surface area (Å²) in [5, 5.41) is 0.707. The molecule has 7 nitrogen and oxygen atoms in total. The lowest BCUT2D eigenvalue weighted by Gasteiger charge is -2.41. The second-order valence-electron chi connectivity index (χ2n) is 9.83. The Morgan fingerprint density at radius 3 is 2.58 bits per heavy atom. The van der Waals surface area contributed by atoms with Crippen LogP contribution in [0, 0.1) is 5.92 Å². The molecule has 0 bridgehead atoms. The van der Waals surface area contributed by atoms with Crippen molar-refractivity contribution in [2.45, 2.75) is 38.9 Å². The molecule has 0 spiro atoms. The van der Waals surface area contributed by atoms with Crippen LogP contribution < -0.4 is 5.73 Å². The van der Waals surface area contributed by atoms with Crippen LogP contribution in [0.3, 0.4) is 0 Å². The molecule has 0 radical (unpaired) electrons. The molecule has 4 rings (SSSR count). The molecule has 2 aromatic rings. The number of benzene rings is 2. The molecule has 2 heterocycles. The van der Waals surface area contributed by atoms with Gasteiger partial charge in [0.1, 0.15) is 5.84 Å². The molecule has 1 unspecified atom stereocenters. The molecule has 36 heavy (non-hydrogen) atoms. The molecule has 2 aromatic carbocycles. The highest BCUT2D eigenvalue weighted by molar-refractivity contribution is 6.30. The number of amidine groups is 1. The van der Waals surface area contributed by atoms with Gasteiger partial charge in [0.15, 0.2) is 0 Å². The largest absolute Gasteiger partial charge is 0.378 e. The number of aliphatic imine (C=N–C) groups is 1. The number of amides is 2. The van der Waals surface area contributed by atoms with Crippen molar-refractivity contribution in [3.63, 3.8) is 0 Å². The molecular formula is C28H38ClN5O2. The lowest BCUT2D eigenvalue weighted by Crippen LogP contribution is -2.57. The maximum Gasteiger partial charge on any atom is 0.320 e. The number of ether oxygens (including phenoxy) is 1. The second-order valence-corrected chi connectivity index (χ2v) is 10.3. The van der Waals surface area contributed by atoms with Crippen molar-refractivity contribution in [2.75, 3.05) is 45.9 Å². The third-order valence-electron chi connectivity index (χ3n) is 6.82. The third kappa shape index (κ3) is 6.38. The standard InChI is InChI=1S/C28H38ClN5O2/c1-21(2)26(34(13-7-12-30)28(35)32-14-16-36-17-15-32)27-31-25(23-10-6-11-24(29)18-23)20-33(27)19-22-8-4-3-5-9-22/h3-6,8-11,18,21,25-26H,7,12-17,19-20,30H2,1-2H3/t25?,26-/m1/s1. The molecule has 2 aliphatic heterocycles. The summed E-state index contributed by atoms with van der Waals surface area (Å²) in [5.74, 6) is 1.13. The van der Waals surface area contributed by atoms with E-state index in [4.69, 9.17) is 27.1 Å². The lowest BCUT2D eigenvalue weighted by molar-refractivity contribution is 0.0395. The number of rotatable bonds is 9. The number of hydrogen-bond acceptors (Lipinski definition) is 5. The van der Waals surface area contributed by atoms with Gasteiger partial charge in [0.2, 0.25) is 0 Å². The Balaban J connectivity index is 1.70. The highest BCUT2D eigenvalue weighted by atomic mass is 35.5. The third-order valence-corrected chi connectivity index (χ3v) is 7.05. The van der Waals surface area contributed by atoms with E-state index >= 15 is 0 Å². The number of nitrogens with two attached hydrogens (primary N) is 1. The van der Waals surface area contributed by atoms with Crippen LogP contribution in [0.5, 0.6) is 0 Å². The Morgan fingerprint density at radius 1 is 1.17 bits per heavy atom. The minimum Gasteiger partial charge on any atom is -0.378 e. The molecule has 0 aromatic heterocycles. The normalized spacial score (nSPS) is 18.9. The topological polar surface area (TPSA) is 74.4 Å². The molecule has 1 saturated heterocycles. The number of carbonyl (C=O) groups excluding carboxylic acids is 1. The van der Waals surface area contributed by atoms with Gasteiger partial charge in [0, 0.05) is 37.7 Å². The maximum absolute atomic E-state index is 13.8. The van der Waals surface area contributed by atoms with Crippen molar-refractivity contribution < 1.29 is 9.53 Å². The van der Waals surface area contributed by atoms with E-state index in [0.29, 0.717) is 44.4 Å². The van der Waals surface area contributed by atoms with Gasteiger partial charge in [0.25, 0.3) is 0 Å². The van der Waals surface area contributed by atoms with Crippen LogP contribution in [-0.4, -0.2) is 78.5 Å². The summed E-state index contributed by atoms with van der Waals surface area (Å²) in [6.07, 6.45) is 0.739. The predicted octanol–water partition coefficient (Wildman–Crippen LogP) is 4.42. The quantitative estimate of drug-likeness (QED) is 0.540. The fourth-order valence-electron chi connectivity index (χ4n) is 5.04. The summed E-state index contributed by atoms with van der Waals surface area (Å²) in [5.41, 5.74) is 8.21. The van der Waals surface area contributed by atoms with Crippen LogP contribution in [0.4, 0.5) is 4.79 Å². The van der Waals surface area contributed by atoms with E-state index in [0.717, 1.165) is 30.9 Å². The number of nitrogens with zero attached hydrogens (tertiary/aromatic N) is 4. The smallest absolute Gasteiger partial charge is 0.320 e. The summed E-state index contributed by atoms with van der Waals surface area (Å²) in [4.78, 5) is 25.3. The highest BCUT2D eigenvalue weighted by Gasteiger charge is 2.39. The Kier molecular flexibility index (Phi) is 9.24. The van der Waals surface area contributed by atoms with Crippen molar-refractivity contribution in [3.05, 3.63) is 70.7 Å². The molecule has 2 aliphatic rings. The first-order valence-corrected chi connectivity index (χ1v) is 13.3. The van der Waals surface area contributed by atoms with Crippen LogP contribution in [0.15, 0.2) is 59.6 Å². The van der Waals surface area contributed by atoms with Gasteiger partial charge < -0.3 is 25.2 Å². The average molecular weight is 512 g/mol. The average Bonchev–Trinajstić information content (AvgIpc) is 3.30. The number of carbonyl (C=O) groups is 1. The van der Waals surface area contributed by atoms with Crippen LogP contribution in [0.25, 0.3) is 0 Å². The molecule has 0 aliphatic carbocycles. The molecular weight excluding hydrogens is 474 g/mol. The van der Waals surface area contributed by atoms with Crippen LogP contribution in [-0.2, 0) is 11.3 Å². The van der Waals surface area contributed by atoms with Crippen molar-refractivity contribution in [1.29, 1.82) is 0 Å². The summed E-state index contributed by atoms with van der Waals surface area (Å²) in [7, 11) is 0. The van der Waals surface area contributed by atoms with E-state index < -0.39 is 0 Å². The highest BCUT2D eigenvalue weighted by Crippen LogP contribution is 2.32. The van der Waals surface area contributed by atoms with Gasteiger partial charge in [-0.15, -0.1) is 0 Å². The molecule has 1 fully saturated rings. The zero-order valence-electron chi connectivity index (χ0n) is 21.4. The fourth-order valence-corrected chi connectivity index (χ4v) is 5.24. The molecule has 8 heteroatoms. The second kappa shape index (κ2) is 12.6. The van der Waals surface area contributed by atoms with E-state index in [9.17, 15) is 4.79 Å². The Labute approximate surface area is 219 Å². The van der Waals surface area contributed by atoms with Gasteiger partial charge >= 0.3 is 6.03 Å². The summed E-state index contributed by atoms with van der Waals surface area (Å²) >= 11 is 6.33. The Morgan fingerprint density at radius 2 is 1.92 bits per heavy atom. The predicted molar refractivity (Wildman–Crippen MR) is 145 cm³/mol. The molecule has 2 N–H and O–H groups in total. The minimum absolute atomic E-state index is 0.0408. The number of morpholine rings is 1. The molecule has 194 valence electrons. The molecule has 2 amide bonds. The van der Waals surface area contributed by atoms with Gasteiger partial charge in [-0.25, -0.2) is 4.79 Å². The monoisotopic (exact) mass is 511 g/mol. The van der Waals surface area contributed by atoms with Crippen molar-refractivity contribution in [1.82, 2.24) is 14.7 Å². The maximum atomic E-state index is 13.8. The molecule has 0 saturated carbocycles. The zero-order chi connectivity index (χ0) is 25.5. The number of halogens is 1. The Bertz CT molecular complexity index is 1030. The fraction of sp³-hybridized carbons (Fsp3) is 0.500. The van der Waals surface area contributed by atoms with Crippen molar-refractivity contribution in [3.8, 4) is 0 Å². The zero-order valence-corrected chi connectivity index (χ0v) is 22.1. The SMILES string of the molecule is CC(C)[C@H](C1=NC(c2cccc(Cl)c2)CN1Cc1ccccc1)N(CCCN)C(=O)N1CCOCC1. The lowest BCUT2D eigenvalue weighted by atomic mass is 9.99. The summed E-state index contributed by atoms with van der Waals surface area (Å²) < 4.78 is 5.50. The first-order valence-electron chi connectivity index (χ1n) is 12.9. The van der Waals surface area contributed by atoms with Crippen LogP contribution in [0.1, 0.15) is 37.4 Å². The Hall–Kier alpha value is -2.61. The summed E-state index contributed by atoms with van der Waals surface area (Å²) in [6.45, 7) is 9.29. The van der Waals surface area contributed by atoms with Crippen molar-refractivity contribution >= 4 is 23.5 Å². The van der Waals surface area contributed by atoms with E-state index in [-0.39, 0.29) is 24.0 Å². The summed E-state index contributed by atoms with van der Waals surface area (Å²) in [6, 6.07) is 18.2.